The normalized spacial score (nSPS) is 24.5. The van der Waals surface area contributed by atoms with Crippen molar-refractivity contribution in [2.24, 2.45) is 11.7 Å². The van der Waals surface area contributed by atoms with Gasteiger partial charge >= 0.3 is 0 Å². The number of halogens is 1. The van der Waals surface area contributed by atoms with Crippen LogP contribution in [0.15, 0.2) is 48.5 Å². The Morgan fingerprint density at radius 3 is 2.38 bits per heavy atom. The molecule has 1 aliphatic carbocycles. The Labute approximate surface area is 139 Å². The molecule has 1 saturated carbocycles. The van der Waals surface area contributed by atoms with Crippen molar-refractivity contribution >= 4 is 11.8 Å². The fourth-order valence-corrected chi connectivity index (χ4v) is 3.73. The molecule has 122 valence electrons. The minimum Gasteiger partial charge on any atom is -0.368 e. The largest absolute Gasteiger partial charge is 0.368 e. The van der Waals surface area contributed by atoms with Crippen LogP contribution in [0.3, 0.4) is 0 Å². The number of nitrogens with zero attached hydrogens (tertiary/aromatic N) is 1. The number of fused-ring (bicyclic) bond motifs is 1. The Balaban J connectivity index is 1.76. The van der Waals surface area contributed by atoms with Crippen LogP contribution in [0.1, 0.15) is 23.2 Å². The van der Waals surface area contributed by atoms with Crippen molar-refractivity contribution in [3.05, 3.63) is 59.9 Å². The van der Waals surface area contributed by atoms with Gasteiger partial charge in [-0.3, -0.25) is 9.59 Å². The fourth-order valence-electron chi connectivity index (χ4n) is 3.73. The number of primary amides is 1. The molecule has 4 nitrogen and oxygen atoms in total. The monoisotopic (exact) mass is 324 g/mol. The molecule has 4 rings (SSSR count). The minimum atomic E-state index is -0.560. The summed E-state index contributed by atoms with van der Waals surface area (Å²) in [4.78, 5) is 26.4. The van der Waals surface area contributed by atoms with Crippen LogP contribution in [0.25, 0.3) is 11.1 Å². The molecular formula is C19H17FN2O2. The van der Waals surface area contributed by atoms with E-state index in [2.05, 4.69) is 0 Å². The molecule has 2 fully saturated rings. The first-order valence-corrected chi connectivity index (χ1v) is 8.04. The van der Waals surface area contributed by atoms with Gasteiger partial charge in [0.2, 0.25) is 5.91 Å². The molecule has 1 aliphatic heterocycles. The first kappa shape index (κ1) is 14.9. The summed E-state index contributed by atoms with van der Waals surface area (Å²) in [6.07, 6.45) is 1.55. The lowest BCUT2D eigenvalue weighted by atomic mass is 9.98. The maximum atomic E-state index is 14.2. The van der Waals surface area contributed by atoms with E-state index in [-0.39, 0.29) is 17.8 Å². The highest BCUT2D eigenvalue weighted by Crippen LogP contribution is 2.48. The predicted octanol–water partition coefficient (Wildman–Crippen LogP) is 2.58. The predicted molar refractivity (Wildman–Crippen MR) is 87.5 cm³/mol. The van der Waals surface area contributed by atoms with Crippen LogP contribution in [0, 0.1) is 11.7 Å². The quantitative estimate of drug-likeness (QED) is 0.943. The molecule has 2 aliphatic rings. The van der Waals surface area contributed by atoms with Crippen molar-refractivity contribution in [3.8, 4) is 11.1 Å². The van der Waals surface area contributed by atoms with E-state index in [4.69, 9.17) is 5.73 Å². The Morgan fingerprint density at radius 1 is 1.00 bits per heavy atom. The van der Waals surface area contributed by atoms with Gasteiger partial charge in [-0.2, -0.15) is 0 Å². The average Bonchev–Trinajstić information content (AvgIpc) is 3.25. The van der Waals surface area contributed by atoms with E-state index in [1.165, 1.54) is 6.07 Å². The zero-order valence-corrected chi connectivity index (χ0v) is 13.0. The van der Waals surface area contributed by atoms with Gasteiger partial charge in [-0.1, -0.05) is 36.4 Å². The van der Waals surface area contributed by atoms with Crippen molar-refractivity contribution in [2.45, 2.75) is 24.9 Å². The van der Waals surface area contributed by atoms with Crippen LogP contribution in [-0.2, 0) is 4.79 Å². The van der Waals surface area contributed by atoms with Crippen LogP contribution in [0.2, 0.25) is 0 Å². The minimum absolute atomic E-state index is 0.0867. The van der Waals surface area contributed by atoms with E-state index in [9.17, 15) is 14.0 Å². The average molecular weight is 324 g/mol. The third kappa shape index (κ3) is 2.28. The number of hydrogen-bond donors (Lipinski definition) is 1. The number of amides is 2. The molecule has 5 heteroatoms. The molecule has 0 bridgehead atoms. The summed E-state index contributed by atoms with van der Waals surface area (Å²) in [6, 6.07) is 12.8. The number of carbonyl (C=O) groups is 2. The second-order valence-corrected chi connectivity index (χ2v) is 6.45. The van der Waals surface area contributed by atoms with E-state index in [0.29, 0.717) is 29.0 Å². The molecule has 0 unspecified atom stereocenters. The molecule has 24 heavy (non-hydrogen) atoms. The van der Waals surface area contributed by atoms with Crippen molar-refractivity contribution in [2.75, 3.05) is 0 Å². The number of piperidine rings is 1. The summed E-state index contributed by atoms with van der Waals surface area (Å²) in [6.45, 7) is 0. The Kier molecular flexibility index (Phi) is 3.37. The van der Waals surface area contributed by atoms with Crippen LogP contribution in [-0.4, -0.2) is 28.8 Å². The van der Waals surface area contributed by atoms with Gasteiger partial charge < -0.3 is 10.6 Å². The van der Waals surface area contributed by atoms with Gasteiger partial charge in [0, 0.05) is 17.2 Å². The zero-order valence-electron chi connectivity index (χ0n) is 13.0. The second kappa shape index (κ2) is 5.44. The third-order valence-electron chi connectivity index (χ3n) is 4.99. The number of nitrogens with two attached hydrogens (primary N) is 1. The first-order chi connectivity index (χ1) is 11.6. The first-order valence-electron chi connectivity index (χ1n) is 8.04. The molecule has 2 amide bonds. The Bertz CT molecular complexity index is 836. The highest BCUT2D eigenvalue weighted by atomic mass is 19.1. The lowest BCUT2D eigenvalue weighted by Gasteiger charge is -2.26. The zero-order chi connectivity index (χ0) is 16.8. The highest BCUT2D eigenvalue weighted by Gasteiger charge is 2.55. The van der Waals surface area contributed by atoms with Crippen molar-refractivity contribution < 1.29 is 14.0 Å². The summed E-state index contributed by atoms with van der Waals surface area (Å²) < 4.78 is 14.2. The van der Waals surface area contributed by atoms with Gasteiger partial charge in [-0.05, 0) is 36.5 Å². The summed E-state index contributed by atoms with van der Waals surface area (Å²) in [5.74, 6) is -0.733. The molecule has 1 heterocycles. The van der Waals surface area contributed by atoms with E-state index < -0.39 is 11.9 Å². The maximum absolute atomic E-state index is 14.2. The molecule has 2 N–H and O–H groups in total. The van der Waals surface area contributed by atoms with E-state index in [1.54, 1.807) is 47.4 Å². The van der Waals surface area contributed by atoms with E-state index in [1.807, 2.05) is 0 Å². The Morgan fingerprint density at radius 2 is 1.67 bits per heavy atom. The SMILES string of the molecule is NC(=O)[C@@H]1C[C@@H]2C[C@@H]2N1C(=O)c1ccccc1-c1ccccc1F. The molecule has 2 aromatic rings. The fraction of sp³-hybridized carbons (Fsp3) is 0.263. The summed E-state index contributed by atoms with van der Waals surface area (Å²) >= 11 is 0. The van der Waals surface area contributed by atoms with Crippen molar-refractivity contribution in [1.29, 1.82) is 0 Å². The van der Waals surface area contributed by atoms with Crippen LogP contribution in [0.5, 0.6) is 0 Å². The van der Waals surface area contributed by atoms with Crippen molar-refractivity contribution in [1.82, 2.24) is 4.90 Å². The summed E-state index contributed by atoms with van der Waals surface area (Å²) in [5, 5.41) is 0. The molecule has 1 saturated heterocycles. The van der Waals surface area contributed by atoms with Gasteiger partial charge in [0.05, 0.1) is 0 Å². The van der Waals surface area contributed by atoms with Gasteiger partial charge in [0.15, 0.2) is 0 Å². The molecule has 0 spiro atoms. The maximum Gasteiger partial charge on any atom is 0.255 e. The van der Waals surface area contributed by atoms with Crippen LogP contribution >= 0.6 is 0 Å². The van der Waals surface area contributed by atoms with Crippen molar-refractivity contribution in [3.63, 3.8) is 0 Å². The van der Waals surface area contributed by atoms with Gasteiger partial charge in [0.25, 0.3) is 5.91 Å². The molecule has 3 atom stereocenters. The lowest BCUT2D eigenvalue weighted by Crippen LogP contribution is -2.46. The number of rotatable bonds is 3. The standard InChI is InChI=1S/C19H17FN2O2/c20-15-8-4-3-6-13(15)12-5-1-2-7-14(12)19(24)22-16-9-11(16)10-17(22)18(21)23/h1-8,11,16-17H,9-10H2,(H2,21,23)/t11-,16-,17-/m0/s1. The van der Waals surface area contributed by atoms with Gasteiger partial charge in [-0.15, -0.1) is 0 Å². The van der Waals surface area contributed by atoms with E-state index >= 15 is 0 Å². The third-order valence-corrected chi connectivity index (χ3v) is 4.99. The van der Waals surface area contributed by atoms with Crippen LogP contribution < -0.4 is 5.73 Å². The Hall–Kier alpha value is -2.69. The second-order valence-electron chi connectivity index (χ2n) is 6.45. The summed E-state index contributed by atoms with van der Waals surface area (Å²) in [7, 11) is 0. The molecule has 2 aromatic carbocycles. The number of carbonyl (C=O) groups excluding carboxylic acids is 2. The smallest absolute Gasteiger partial charge is 0.255 e. The van der Waals surface area contributed by atoms with E-state index in [0.717, 1.165) is 6.42 Å². The molecule has 0 aromatic heterocycles. The number of likely N-dealkylation sites (tertiary alicyclic amines) is 1. The lowest BCUT2D eigenvalue weighted by molar-refractivity contribution is -0.122. The van der Waals surface area contributed by atoms with Crippen LogP contribution in [0.4, 0.5) is 4.39 Å². The number of hydrogen-bond acceptors (Lipinski definition) is 2. The van der Waals surface area contributed by atoms with Gasteiger partial charge in [0.1, 0.15) is 11.9 Å². The summed E-state index contributed by atoms with van der Waals surface area (Å²) in [5.41, 5.74) is 6.78. The topological polar surface area (TPSA) is 63.4 Å². The molecule has 0 radical (unpaired) electrons. The number of benzene rings is 2. The van der Waals surface area contributed by atoms with Gasteiger partial charge in [-0.25, -0.2) is 4.39 Å². The highest BCUT2D eigenvalue weighted by molar-refractivity contribution is 6.03. The molecular weight excluding hydrogens is 307 g/mol.